The number of hydrogen-bond acceptors (Lipinski definition) is 4. The summed E-state index contributed by atoms with van der Waals surface area (Å²) < 4.78 is 14.9. The monoisotopic (exact) mass is 365 g/mol. The fraction of sp³-hybridized carbons (Fsp3) is 0.300. The number of rotatable bonds is 3. The molecule has 3 rings (SSSR count). The van der Waals surface area contributed by atoms with Crippen molar-refractivity contribution in [1.82, 2.24) is 14.5 Å². The first-order valence-corrected chi connectivity index (χ1v) is 8.56. The molecule has 0 saturated carbocycles. The van der Waals surface area contributed by atoms with Gasteiger partial charge in [-0.3, -0.25) is 14.7 Å². The number of carbonyl (C=O) groups excluding carboxylic acids is 1. The van der Waals surface area contributed by atoms with Gasteiger partial charge in [-0.05, 0) is 35.7 Å². The van der Waals surface area contributed by atoms with E-state index in [4.69, 9.17) is 0 Å². The van der Waals surface area contributed by atoms with Gasteiger partial charge in [-0.15, -0.1) is 0 Å². The Morgan fingerprint density at radius 3 is 2.63 bits per heavy atom. The molecule has 1 amide bonds. The quantitative estimate of drug-likeness (QED) is 0.759. The molecule has 0 aliphatic heterocycles. The van der Waals surface area contributed by atoms with Gasteiger partial charge in [0.2, 0.25) is 11.9 Å². The van der Waals surface area contributed by atoms with Crippen LogP contribution < -0.4 is 5.32 Å². The van der Waals surface area contributed by atoms with E-state index >= 15 is 0 Å². The SMILES string of the molecule is C[C@H](C(=O)Nc1nc2ccc(C#N)cc2n1-c1ccc(F)cn1)C(C)(C)C. The van der Waals surface area contributed by atoms with Crippen LogP contribution in [0, 0.1) is 28.5 Å². The lowest BCUT2D eigenvalue weighted by Crippen LogP contribution is -2.31. The lowest BCUT2D eigenvalue weighted by molar-refractivity contribution is -0.122. The summed E-state index contributed by atoms with van der Waals surface area (Å²) in [6.07, 6.45) is 1.10. The first-order chi connectivity index (χ1) is 12.7. The zero-order valence-electron chi connectivity index (χ0n) is 15.6. The van der Waals surface area contributed by atoms with Gasteiger partial charge in [0.25, 0.3) is 0 Å². The van der Waals surface area contributed by atoms with Gasteiger partial charge < -0.3 is 0 Å². The van der Waals surface area contributed by atoms with Crippen LogP contribution in [0.1, 0.15) is 33.3 Å². The van der Waals surface area contributed by atoms with E-state index in [9.17, 15) is 14.4 Å². The van der Waals surface area contributed by atoms with Crippen LogP contribution >= 0.6 is 0 Å². The molecule has 2 heterocycles. The van der Waals surface area contributed by atoms with Gasteiger partial charge in [-0.25, -0.2) is 14.4 Å². The second kappa shape index (κ2) is 6.80. The molecule has 2 aromatic heterocycles. The fourth-order valence-electron chi connectivity index (χ4n) is 2.57. The largest absolute Gasteiger partial charge is 0.295 e. The predicted molar refractivity (Wildman–Crippen MR) is 101 cm³/mol. The molecule has 1 aromatic carbocycles. The number of halogens is 1. The third-order valence-corrected chi connectivity index (χ3v) is 4.65. The first kappa shape index (κ1) is 18.5. The summed E-state index contributed by atoms with van der Waals surface area (Å²) in [5, 5.41) is 12.0. The molecule has 1 N–H and O–H groups in total. The summed E-state index contributed by atoms with van der Waals surface area (Å²) >= 11 is 0. The number of nitriles is 1. The highest BCUT2D eigenvalue weighted by atomic mass is 19.1. The van der Waals surface area contributed by atoms with E-state index in [0.29, 0.717) is 22.4 Å². The maximum absolute atomic E-state index is 13.3. The Morgan fingerprint density at radius 1 is 1.30 bits per heavy atom. The Bertz CT molecular complexity index is 1040. The minimum absolute atomic E-state index is 0.179. The van der Waals surface area contributed by atoms with Crippen LogP contribution in [-0.4, -0.2) is 20.4 Å². The maximum Gasteiger partial charge on any atom is 0.230 e. The number of fused-ring (bicyclic) bond motifs is 1. The van der Waals surface area contributed by atoms with Gasteiger partial charge in [0.05, 0.1) is 28.9 Å². The number of hydrogen-bond donors (Lipinski definition) is 1. The minimum Gasteiger partial charge on any atom is -0.295 e. The average molecular weight is 365 g/mol. The molecule has 7 heteroatoms. The van der Waals surface area contributed by atoms with Crippen LogP contribution in [0.4, 0.5) is 10.3 Å². The van der Waals surface area contributed by atoms with Crippen LogP contribution in [0.5, 0.6) is 0 Å². The minimum atomic E-state index is -0.465. The predicted octanol–water partition coefficient (Wildman–Crippen LogP) is 4.05. The molecule has 138 valence electrons. The van der Waals surface area contributed by atoms with Gasteiger partial charge in [0, 0.05) is 5.92 Å². The average Bonchev–Trinajstić information content (AvgIpc) is 2.97. The number of nitrogens with zero attached hydrogens (tertiary/aromatic N) is 4. The Morgan fingerprint density at radius 2 is 2.04 bits per heavy atom. The summed E-state index contributed by atoms with van der Waals surface area (Å²) in [5.74, 6) is -0.232. The van der Waals surface area contributed by atoms with Crippen LogP contribution in [0.3, 0.4) is 0 Å². The highest BCUT2D eigenvalue weighted by Gasteiger charge is 2.28. The lowest BCUT2D eigenvalue weighted by atomic mass is 9.81. The molecule has 0 bridgehead atoms. The topological polar surface area (TPSA) is 83.6 Å². The van der Waals surface area contributed by atoms with E-state index in [2.05, 4.69) is 21.4 Å². The third-order valence-electron chi connectivity index (χ3n) is 4.65. The molecule has 0 unspecified atom stereocenters. The van der Waals surface area contributed by atoms with Crippen molar-refractivity contribution in [2.45, 2.75) is 27.7 Å². The van der Waals surface area contributed by atoms with E-state index in [1.165, 1.54) is 12.1 Å². The van der Waals surface area contributed by atoms with Gasteiger partial charge >= 0.3 is 0 Å². The fourth-order valence-corrected chi connectivity index (χ4v) is 2.57. The number of nitrogens with one attached hydrogen (secondary N) is 1. The van der Waals surface area contributed by atoms with Crippen LogP contribution in [0.2, 0.25) is 0 Å². The molecule has 1 atom stereocenters. The number of pyridine rings is 1. The lowest BCUT2D eigenvalue weighted by Gasteiger charge is -2.25. The molecular formula is C20H20FN5O. The Balaban J connectivity index is 2.14. The molecule has 0 saturated heterocycles. The molecule has 0 spiro atoms. The third kappa shape index (κ3) is 3.65. The van der Waals surface area contributed by atoms with E-state index < -0.39 is 5.82 Å². The highest BCUT2D eigenvalue weighted by Crippen LogP contribution is 2.29. The van der Waals surface area contributed by atoms with Gasteiger partial charge in [0.15, 0.2) is 0 Å². The maximum atomic E-state index is 13.3. The molecular weight excluding hydrogens is 345 g/mol. The van der Waals surface area contributed by atoms with Crippen molar-refractivity contribution in [3.05, 3.63) is 47.9 Å². The van der Waals surface area contributed by atoms with Gasteiger partial charge in [-0.1, -0.05) is 27.7 Å². The van der Waals surface area contributed by atoms with E-state index in [-0.39, 0.29) is 23.2 Å². The number of aromatic nitrogens is 3. The number of imidazole rings is 1. The van der Waals surface area contributed by atoms with Crippen molar-refractivity contribution in [3.63, 3.8) is 0 Å². The van der Waals surface area contributed by atoms with Crippen molar-refractivity contribution in [2.24, 2.45) is 11.3 Å². The van der Waals surface area contributed by atoms with Crippen LogP contribution in [0.15, 0.2) is 36.5 Å². The van der Waals surface area contributed by atoms with Crippen LogP contribution in [0.25, 0.3) is 16.9 Å². The van der Waals surface area contributed by atoms with Gasteiger partial charge in [0.1, 0.15) is 11.6 Å². The Labute approximate surface area is 156 Å². The summed E-state index contributed by atoms with van der Waals surface area (Å²) in [7, 11) is 0. The zero-order chi connectivity index (χ0) is 19.8. The summed E-state index contributed by atoms with van der Waals surface area (Å²) in [6.45, 7) is 7.81. The van der Waals surface area contributed by atoms with Crippen LogP contribution in [-0.2, 0) is 4.79 Å². The number of anilines is 1. The summed E-state index contributed by atoms with van der Waals surface area (Å²) in [5.41, 5.74) is 1.43. The molecule has 0 aliphatic carbocycles. The molecule has 3 aromatic rings. The molecule has 27 heavy (non-hydrogen) atoms. The van der Waals surface area contributed by atoms with Crippen molar-refractivity contribution >= 4 is 22.9 Å². The number of amides is 1. The van der Waals surface area contributed by atoms with Crippen molar-refractivity contribution < 1.29 is 9.18 Å². The number of carbonyl (C=O) groups is 1. The first-order valence-electron chi connectivity index (χ1n) is 8.56. The molecule has 0 aliphatic rings. The summed E-state index contributed by atoms with van der Waals surface area (Å²) in [6, 6.07) is 9.89. The van der Waals surface area contributed by atoms with Crippen molar-refractivity contribution in [1.29, 1.82) is 5.26 Å². The smallest absolute Gasteiger partial charge is 0.230 e. The highest BCUT2D eigenvalue weighted by molar-refractivity contribution is 5.94. The molecule has 6 nitrogen and oxygen atoms in total. The Kier molecular flexibility index (Phi) is 4.66. The molecule has 0 fully saturated rings. The van der Waals surface area contributed by atoms with E-state index in [1.54, 1.807) is 22.8 Å². The standard InChI is InChI=1S/C20H20FN5O/c1-12(20(2,3)4)18(27)25-19-24-15-7-5-13(10-22)9-16(15)26(19)17-8-6-14(21)11-23-17/h5-9,11-12H,1-4H3,(H,24,25,27)/t12-/m1/s1. The molecule has 0 radical (unpaired) electrons. The van der Waals surface area contributed by atoms with Gasteiger partial charge in [-0.2, -0.15) is 5.26 Å². The Hall–Kier alpha value is -3.27. The second-order valence-corrected chi connectivity index (χ2v) is 7.50. The zero-order valence-corrected chi connectivity index (χ0v) is 15.6. The normalized spacial score (nSPS) is 12.6. The van der Waals surface area contributed by atoms with Crippen molar-refractivity contribution in [3.8, 4) is 11.9 Å². The summed E-state index contributed by atoms with van der Waals surface area (Å²) in [4.78, 5) is 21.3. The van der Waals surface area contributed by atoms with E-state index in [1.807, 2.05) is 27.7 Å². The number of benzene rings is 1. The van der Waals surface area contributed by atoms with Crippen molar-refractivity contribution in [2.75, 3.05) is 5.32 Å². The van der Waals surface area contributed by atoms with E-state index in [0.717, 1.165) is 6.20 Å². The second-order valence-electron chi connectivity index (χ2n) is 7.50.